The summed E-state index contributed by atoms with van der Waals surface area (Å²) in [5.41, 5.74) is 0. The lowest BCUT2D eigenvalue weighted by molar-refractivity contribution is -0.143. The Morgan fingerprint density at radius 2 is 1.60 bits per heavy atom. The molecule has 1 saturated heterocycles. The molecule has 2 aliphatic rings. The third-order valence-electron chi connectivity index (χ3n) is 4.29. The van der Waals surface area contributed by atoms with Gasteiger partial charge in [0.1, 0.15) is 0 Å². The third-order valence-corrected chi connectivity index (χ3v) is 5.93. The van der Waals surface area contributed by atoms with E-state index < -0.39 is 28.1 Å². The van der Waals surface area contributed by atoms with Crippen molar-refractivity contribution in [2.45, 2.75) is 57.4 Å². The molecule has 2 atom stereocenters. The molecule has 0 unspecified atom stereocenters. The molecular formula is C13H24N2O4S. The van der Waals surface area contributed by atoms with E-state index in [1.54, 1.807) is 0 Å². The quantitative estimate of drug-likeness (QED) is 0.820. The minimum atomic E-state index is -3.53. The lowest BCUT2D eigenvalue weighted by atomic mass is 9.87. The Balaban J connectivity index is 2.07. The molecule has 1 heterocycles. The largest absolute Gasteiger partial charge is 0.481 e. The van der Waals surface area contributed by atoms with Crippen molar-refractivity contribution >= 4 is 16.2 Å². The number of aliphatic carboxylic acids is 1. The van der Waals surface area contributed by atoms with Gasteiger partial charge in [0.25, 0.3) is 10.2 Å². The van der Waals surface area contributed by atoms with Crippen molar-refractivity contribution in [2.75, 3.05) is 13.1 Å². The van der Waals surface area contributed by atoms with Gasteiger partial charge in [-0.1, -0.05) is 25.7 Å². The van der Waals surface area contributed by atoms with Crippen LogP contribution < -0.4 is 4.72 Å². The second-order valence-electron chi connectivity index (χ2n) is 5.77. The molecule has 2 N–H and O–H groups in total. The van der Waals surface area contributed by atoms with Crippen LogP contribution in [-0.2, 0) is 15.0 Å². The lowest BCUT2D eigenvalue weighted by Gasteiger charge is -2.28. The molecule has 1 saturated carbocycles. The molecule has 20 heavy (non-hydrogen) atoms. The number of nitrogens with zero attached hydrogens (tertiary/aromatic N) is 1. The Morgan fingerprint density at radius 3 is 2.20 bits per heavy atom. The average Bonchev–Trinajstić information content (AvgIpc) is 2.86. The van der Waals surface area contributed by atoms with E-state index >= 15 is 0 Å². The molecule has 0 amide bonds. The minimum Gasteiger partial charge on any atom is -0.481 e. The Bertz CT molecular complexity index is 432. The van der Waals surface area contributed by atoms with Crippen molar-refractivity contribution < 1.29 is 18.3 Å². The molecule has 0 aromatic heterocycles. The fraction of sp³-hybridized carbons (Fsp3) is 0.923. The third kappa shape index (κ3) is 3.93. The summed E-state index contributed by atoms with van der Waals surface area (Å²) in [5.74, 6) is -1.49. The van der Waals surface area contributed by atoms with Crippen LogP contribution in [0.2, 0.25) is 0 Å². The molecule has 0 spiro atoms. The van der Waals surface area contributed by atoms with Gasteiger partial charge in [-0.3, -0.25) is 4.79 Å². The van der Waals surface area contributed by atoms with Crippen molar-refractivity contribution in [3.63, 3.8) is 0 Å². The van der Waals surface area contributed by atoms with E-state index in [4.69, 9.17) is 0 Å². The Morgan fingerprint density at radius 1 is 1.00 bits per heavy atom. The molecule has 0 radical (unpaired) electrons. The highest BCUT2D eigenvalue weighted by Crippen LogP contribution is 2.24. The maximum atomic E-state index is 12.3. The van der Waals surface area contributed by atoms with Crippen molar-refractivity contribution in [2.24, 2.45) is 5.92 Å². The predicted octanol–water partition coefficient (Wildman–Crippen LogP) is 1.34. The van der Waals surface area contributed by atoms with Gasteiger partial charge < -0.3 is 5.11 Å². The zero-order valence-electron chi connectivity index (χ0n) is 11.8. The van der Waals surface area contributed by atoms with Gasteiger partial charge in [0, 0.05) is 19.1 Å². The van der Waals surface area contributed by atoms with Crippen LogP contribution in [0.5, 0.6) is 0 Å². The van der Waals surface area contributed by atoms with Crippen molar-refractivity contribution in [1.82, 2.24) is 9.03 Å². The standard InChI is InChI=1S/C13H24N2O4S/c16-13(17)11-7-3-1-2-4-8-12(11)14-20(18,19)15-9-5-6-10-15/h11-12,14H,1-10H2,(H,16,17)/t11-,12+/m1/s1. The monoisotopic (exact) mass is 304 g/mol. The van der Waals surface area contributed by atoms with Crippen molar-refractivity contribution in [3.8, 4) is 0 Å². The van der Waals surface area contributed by atoms with E-state index in [9.17, 15) is 18.3 Å². The minimum absolute atomic E-state index is 0.474. The topological polar surface area (TPSA) is 86.7 Å². The van der Waals surface area contributed by atoms with Gasteiger partial charge in [-0.05, 0) is 25.7 Å². The molecular weight excluding hydrogens is 280 g/mol. The van der Waals surface area contributed by atoms with Crippen LogP contribution in [0.15, 0.2) is 0 Å². The molecule has 6 nitrogen and oxygen atoms in total. The molecule has 2 rings (SSSR count). The highest BCUT2D eigenvalue weighted by molar-refractivity contribution is 7.87. The second-order valence-corrected chi connectivity index (χ2v) is 7.47. The number of hydrogen-bond acceptors (Lipinski definition) is 3. The molecule has 0 aromatic rings. The van der Waals surface area contributed by atoms with Crippen molar-refractivity contribution in [1.29, 1.82) is 0 Å². The SMILES string of the molecule is O=C(O)[C@@H]1CCCCCC[C@@H]1NS(=O)(=O)N1CCCC1. The summed E-state index contributed by atoms with van der Waals surface area (Å²) in [6.45, 7) is 1.08. The molecule has 2 fully saturated rings. The van der Waals surface area contributed by atoms with Gasteiger partial charge in [-0.2, -0.15) is 17.4 Å². The smallest absolute Gasteiger partial charge is 0.308 e. The second kappa shape index (κ2) is 6.87. The van der Waals surface area contributed by atoms with E-state index in [0.717, 1.165) is 38.5 Å². The van der Waals surface area contributed by atoms with Crippen LogP contribution in [0.4, 0.5) is 0 Å². The van der Waals surface area contributed by atoms with Crippen LogP contribution in [0.25, 0.3) is 0 Å². The van der Waals surface area contributed by atoms with Gasteiger partial charge in [0.2, 0.25) is 0 Å². The van der Waals surface area contributed by atoms with E-state index in [0.29, 0.717) is 25.9 Å². The van der Waals surface area contributed by atoms with Gasteiger partial charge in [0.05, 0.1) is 5.92 Å². The molecule has 1 aliphatic heterocycles. The van der Waals surface area contributed by atoms with Crippen molar-refractivity contribution in [3.05, 3.63) is 0 Å². The first-order valence-corrected chi connectivity index (χ1v) is 8.95. The highest BCUT2D eigenvalue weighted by Gasteiger charge is 2.34. The lowest BCUT2D eigenvalue weighted by Crippen LogP contribution is -2.49. The van der Waals surface area contributed by atoms with Crippen LogP contribution in [0.1, 0.15) is 51.4 Å². The summed E-state index contributed by atoms with van der Waals surface area (Å²) in [6, 6.07) is -0.474. The van der Waals surface area contributed by atoms with E-state index in [1.807, 2.05) is 0 Å². The highest BCUT2D eigenvalue weighted by atomic mass is 32.2. The molecule has 1 aliphatic carbocycles. The fourth-order valence-electron chi connectivity index (χ4n) is 3.12. The summed E-state index contributed by atoms with van der Waals surface area (Å²) in [7, 11) is -3.53. The van der Waals surface area contributed by atoms with Gasteiger partial charge >= 0.3 is 5.97 Å². The fourth-order valence-corrected chi connectivity index (χ4v) is 4.67. The molecule has 116 valence electrons. The number of rotatable bonds is 4. The zero-order chi connectivity index (χ0) is 14.6. The van der Waals surface area contributed by atoms with Gasteiger partial charge in [-0.25, -0.2) is 0 Å². The van der Waals surface area contributed by atoms with Gasteiger partial charge in [0.15, 0.2) is 0 Å². The molecule has 0 aromatic carbocycles. The summed E-state index contributed by atoms with van der Waals surface area (Å²) >= 11 is 0. The Labute approximate surface area is 120 Å². The number of carbonyl (C=O) groups is 1. The average molecular weight is 304 g/mol. The number of carboxylic acid groups (broad SMARTS) is 1. The number of hydrogen-bond donors (Lipinski definition) is 2. The van der Waals surface area contributed by atoms with Crippen LogP contribution in [0, 0.1) is 5.92 Å². The summed E-state index contributed by atoms with van der Waals surface area (Å²) in [6.07, 6.45) is 6.77. The first-order chi connectivity index (χ1) is 9.50. The first kappa shape index (κ1) is 15.7. The first-order valence-electron chi connectivity index (χ1n) is 7.51. The number of carboxylic acids is 1. The van der Waals surface area contributed by atoms with E-state index in [1.165, 1.54) is 4.31 Å². The number of nitrogens with one attached hydrogen (secondary N) is 1. The predicted molar refractivity (Wildman–Crippen MR) is 75.5 cm³/mol. The van der Waals surface area contributed by atoms with E-state index in [2.05, 4.69) is 4.72 Å². The summed E-state index contributed by atoms with van der Waals surface area (Å²) in [4.78, 5) is 11.4. The van der Waals surface area contributed by atoms with Crippen LogP contribution in [-0.4, -0.2) is 42.9 Å². The Kier molecular flexibility index (Phi) is 5.40. The van der Waals surface area contributed by atoms with Crippen LogP contribution >= 0.6 is 0 Å². The molecule has 0 bridgehead atoms. The van der Waals surface area contributed by atoms with E-state index in [-0.39, 0.29) is 0 Å². The normalized spacial score (nSPS) is 29.8. The zero-order valence-corrected chi connectivity index (χ0v) is 12.6. The van der Waals surface area contributed by atoms with Gasteiger partial charge in [-0.15, -0.1) is 0 Å². The summed E-state index contributed by atoms with van der Waals surface area (Å²) in [5, 5.41) is 9.34. The molecule has 7 heteroatoms. The summed E-state index contributed by atoms with van der Waals surface area (Å²) < 4.78 is 28.7. The maximum absolute atomic E-state index is 12.3. The Hall–Kier alpha value is -0.660. The van der Waals surface area contributed by atoms with Crippen LogP contribution in [0.3, 0.4) is 0 Å². The maximum Gasteiger partial charge on any atom is 0.308 e.